The zero-order chi connectivity index (χ0) is 13.7. The Morgan fingerprint density at radius 3 is 2.68 bits per heavy atom. The number of carbonyl (C=O) groups is 1. The molecule has 0 aromatic heterocycles. The quantitative estimate of drug-likeness (QED) is 0.728. The fourth-order valence-corrected chi connectivity index (χ4v) is 2.74. The lowest BCUT2D eigenvalue weighted by Gasteiger charge is -2.27. The summed E-state index contributed by atoms with van der Waals surface area (Å²) < 4.78 is 5.53. The standard InChI is InChI=1S/C15H28N2O2/c1-3-7-16-14-11-19-10-13(14)15(18)17(8-4-2)9-12-5-6-12/h12-14,16H,3-11H2,1-2H3. The number of rotatable bonds is 8. The van der Waals surface area contributed by atoms with Gasteiger partial charge in [-0.15, -0.1) is 0 Å². The molecule has 2 aliphatic rings. The first-order valence-electron chi connectivity index (χ1n) is 7.86. The van der Waals surface area contributed by atoms with Crippen molar-refractivity contribution < 1.29 is 9.53 Å². The first-order valence-corrected chi connectivity index (χ1v) is 7.86. The highest BCUT2D eigenvalue weighted by Crippen LogP contribution is 2.30. The maximum absolute atomic E-state index is 12.7. The van der Waals surface area contributed by atoms with E-state index in [1.54, 1.807) is 0 Å². The molecule has 0 bridgehead atoms. The summed E-state index contributed by atoms with van der Waals surface area (Å²) in [5, 5.41) is 3.46. The van der Waals surface area contributed by atoms with Crippen LogP contribution < -0.4 is 5.32 Å². The smallest absolute Gasteiger partial charge is 0.229 e. The van der Waals surface area contributed by atoms with E-state index in [2.05, 4.69) is 24.1 Å². The zero-order valence-corrected chi connectivity index (χ0v) is 12.4. The summed E-state index contributed by atoms with van der Waals surface area (Å²) in [5.41, 5.74) is 0. The van der Waals surface area contributed by atoms with E-state index in [-0.39, 0.29) is 12.0 Å². The van der Waals surface area contributed by atoms with Gasteiger partial charge in [-0.2, -0.15) is 0 Å². The molecule has 0 radical (unpaired) electrons. The molecule has 1 saturated carbocycles. The van der Waals surface area contributed by atoms with Crippen LogP contribution in [0.15, 0.2) is 0 Å². The van der Waals surface area contributed by atoms with E-state index in [1.165, 1.54) is 12.8 Å². The van der Waals surface area contributed by atoms with E-state index >= 15 is 0 Å². The predicted molar refractivity (Wildman–Crippen MR) is 76.0 cm³/mol. The molecule has 0 aromatic rings. The summed E-state index contributed by atoms with van der Waals surface area (Å²) in [4.78, 5) is 14.8. The van der Waals surface area contributed by atoms with Crippen LogP contribution in [0, 0.1) is 11.8 Å². The third-order valence-corrected chi connectivity index (χ3v) is 4.03. The normalized spacial score (nSPS) is 26.6. The molecule has 4 heteroatoms. The minimum Gasteiger partial charge on any atom is -0.379 e. The van der Waals surface area contributed by atoms with Crippen molar-refractivity contribution in [3.8, 4) is 0 Å². The van der Waals surface area contributed by atoms with Crippen LogP contribution >= 0.6 is 0 Å². The summed E-state index contributed by atoms with van der Waals surface area (Å²) in [6.07, 6.45) is 4.73. The maximum Gasteiger partial charge on any atom is 0.229 e. The molecule has 19 heavy (non-hydrogen) atoms. The molecule has 0 spiro atoms. The molecule has 1 aliphatic carbocycles. The van der Waals surface area contributed by atoms with Crippen LogP contribution in [0.2, 0.25) is 0 Å². The molecule has 1 N–H and O–H groups in total. The predicted octanol–water partition coefficient (Wildman–Crippen LogP) is 1.65. The van der Waals surface area contributed by atoms with Crippen LogP contribution in [0.1, 0.15) is 39.5 Å². The number of nitrogens with one attached hydrogen (secondary N) is 1. The average Bonchev–Trinajstić information content (AvgIpc) is 3.10. The molecular weight excluding hydrogens is 240 g/mol. The van der Waals surface area contributed by atoms with Crippen LogP contribution in [-0.4, -0.2) is 49.7 Å². The van der Waals surface area contributed by atoms with Crippen molar-refractivity contribution in [2.24, 2.45) is 11.8 Å². The average molecular weight is 268 g/mol. The molecule has 110 valence electrons. The Bertz CT molecular complexity index is 292. The number of nitrogens with zero attached hydrogens (tertiary/aromatic N) is 1. The van der Waals surface area contributed by atoms with Crippen molar-refractivity contribution in [3.63, 3.8) is 0 Å². The Kier molecular flexibility index (Phi) is 5.64. The van der Waals surface area contributed by atoms with Gasteiger partial charge in [-0.1, -0.05) is 13.8 Å². The molecule has 2 atom stereocenters. The molecule has 4 nitrogen and oxygen atoms in total. The van der Waals surface area contributed by atoms with Gasteiger partial charge in [0.15, 0.2) is 0 Å². The van der Waals surface area contributed by atoms with Gasteiger partial charge in [-0.25, -0.2) is 0 Å². The lowest BCUT2D eigenvalue weighted by molar-refractivity contribution is -0.136. The maximum atomic E-state index is 12.7. The molecule has 1 heterocycles. The molecule has 1 aliphatic heterocycles. The minimum absolute atomic E-state index is 0.0249. The molecule has 0 aromatic carbocycles. The summed E-state index contributed by atoms with van der Waals surface area (Å²) in [6, 6.07) is 0.214. The van der Waals surface area contributed by atoms with Gasteiger partial charge in [0.05, 0.1) is 19.1 Å². The minimum atomic E-state index is 0.0249. The molecule has 1 saturated heterocycles. The SMILES string of the molecule is CCCNC1COCC1C(=O)N(CCC)CC1CC1. The van der Waals surface area contributed by atoms with Gasteiger partial charge in [0.2, 0.25) is 5.91 Å². The number of carbonyl (C=O) groups excluding carboxylic acids is 1. The van der Waals surface area contributed by atoms with Crippen molar-refractivity contribution in [2.45, 2.75) is 45.6 Å². The van der Waals surface area contributed by atoms with Crippen LogP contribution in [0.25, 0.3) is 0 Å². The van der Waals surface area contributed by atoms with E-state index in [9.17, 15) is 4.79 Å². The van der Waals surface area contributed by atoms with Crippen LogP contribution in [-0.2, 0) is 9.53 Å². The second kappa shape index (κ2) is 7.25. The van der Waals surface area contributed by atoms with Crippen molar-refractivity contribution in [1.29, 1.82) is 0 Å². The van der Waals surface area contributed by atoms with E-state index < -0.39 is 0 Å². The van der Waals surface area contributed by atoms with E-state index in [0.29, 0.717) is 19.1 Å². The topological polar surface area (TPSA) is 41.6 Å². The number of amides is 1. The van der Waals surface area contributed by atoms with Crippen LogP contribution in [0.3, 0.4) is 0 Å². The summed E-state index contributed by atoms with van der Waals surface area (Å²) in [6.45, 7) is 8.39. The molecule has 1 amide bonds. The Hall–Kier alpha value is -0.610. The molecule has 2 fully saturated rings. The van der Waals surface area contributed by atoms with Crippen molar-refractivity contribution in [2.75, 3.05) is 32.8 Å². The summed E-state index contributed by atoms with van der Waals surface area (Å²) in [7, 11) is 0. The molecule has 2 unspecified atom stereocenters. The van der Waals surface area contributed by atoms with E-state index in [4.69, 9.17) is 4.74 Å². The molecule has 2 rings (SSSR count). The second-order valence-corrected chi connectivity index (χ2v) is 5.93. The van der Waals surface area contributed by atoms with Crippen molar-refractivity contribution >= 4 is 5.91 Å². The van der Waals surface area contributed by atoms with E-state index in [1.807, 2.05) is 0 Å². The van der Waals surface area contributed by atoms with E-state index in [0.717, 1.165) is 38.4 Å². The Morgan fingerprint density at radius 1 is 1.26 bits per heavy atom. The summed E-state index contributed by atoms with van der Waals surface area (Å²) in [5.74, 6) is 1.09. The number of hydrogen-bond donors (Lipinski definition) is 1. The lowest BCUT2D eigenvalue weighted by Crippen LogP contribution is -2.46. The van der Waals surface area contributed by atoms with Crippen LogP contribution in [0.4, 0.5) is 0 Å². The highest BCUT2D eigenvalue weighted by molar-refractivity contribution is 5.80. The van der Waals surface area contributed by atoms with Gasteiger partial charge >= 0.3 is 0 Å². The lowest BCUT2D eigenvalue weighted by atomic mass is 10.0. The Balaban J connectivity index is 1.90. The first kappa shape index (κ1) is 14.8. The fraction of sp³-hybridized carbons (Fsp3) is 0.933. The van der Waals surface area contributed by atoms with Gasteiger partial charge in [-0.05, 0) is 38.1 Å². The summed E-state index contributed by atoms with van der Waals surface area (Å²) >= 11 is 0. The van der Waals surface area contributed by atoms with Gasteiger partial charge in [0, 0.05) is 19.1 Å². The van der Waals surface area contributed by atoms with Crippen molar-refractivity contribution in [1.82, 2.24) is 10.2 Å². The highest BCUT2D eigenvalue weighted by Gasteiger charge is 2.37. The monoisotopic (exact) mass is 268 g/mol. The van der Waals surface area contributed by atoms with Gasteiger partial charge in [0.25, 0.3) is 0 Å². The van der Waals surface area contributed by atoms with Gasteiger partial charge in [-0.3, -0.25) is 4.79 Å². The third kappa shape index (κ3) is 4.18. The Labute approximate surface area is 116 Å². The Morgan fingerprint density at radius 2 is 2.05 bits per heavy atom. The van der Waals surface area contributed by atoms with Crippen molar-refractivity contribution in [3.05, 3.63) is 0 Å². The highest BCUT2D eigenvalue weighted by atomic mass is 16.5. The fourth-order valence-electron chi connectivity index (χ4n) is 2.74. The second-order valence-electron chi connectivity index (χ2n) is 5.93. The zero-order valence-electron chi connectivity index (χ0n) is 12.4. The third-order valence-electron chi connectivity index (χ3n) is 4.03. The largest absolute Gasteiger partial charge is 0.379 e. The van der Waals surface area contributed by atoms with Crippen LogP contribution in [0.5, 0.6) is 0 Å². The van der Waals surface area contributed by atoms with Gasteiger partial charge in [0.1, 0.15) is 0 Å². The van der Waals surface area contributed by atoms with Gasteiger partial charge < -0.3 is 15.0 Å². The number of ether oxygens (including phenoxy) is 1. The number of hydrogen-bond acceptors (Lipinski definition) is 3. The first-order chi connectivity index (χ1) is 9.26. The molecular formula is C15H28N2O2.